The number of hydrogen-bond acceptors (Lipinski definition) is 5. The Balaban J connectivity index is 1.94. The molecule has 1 N–H and O–H groups in total. The van der Waals surface area contributed by atoms with Crippen LogP contribution in [0, 0.1) is 0 Å². The van der Waals surface area contributed by atoms with E-state index in [2.05, 4.69) is 10.3 Å². The van der Waals surface area contributed by atoms with Crippen LogP contribution in [-0.2, 0) is 9.53 Å². The molecule has 0 aliphatic carbocycles. The van der Waals surface area contributed by atoms with Crippen LogP contribution in [0.2, 0.25) is 5.02 Å². The summed E-state index contributed by atoms with van der Waals surface area (Å²) in [5.41, 5.74) is 1.04. The zero-order valence-corrected chi connectivity index (χ0v) is 13.3. The van der Waals surface area contributed by atoms with Crippen LogP contribution in [0.4, 0.5) is 5.13 Å². The first-order valence-corrected chi connectivity index (χ1v) is 7.71. The minimum absolute atomic E-state index is 0.184. The highest BCUT2D eigenvalue weighted by Gasteiger charge is 2.12. The van der Waals surface area contributed by atoms with E-state index in [4.69, 9.17) is 16.3 Å². The fraction of sp³-hybridized carbons (Fsp3) is 0.133. The van der Waals surface area contributed by atoms with E-state index in [1.165, 1.54) is 11.5 Å². The first kappa shape index (κ1) is 16.2. The molecule has 1 heterocycles. The van der Waals surface area contributed by atoms with Crippen LogP contribution >= 0.6 is 22.9 Å². The van der Waals surface area contributed by atoms with Crippen molar-refractivity contribution in [1.82, 2.24) is 4.98 Å². The lowest BCUT2D eigenvalue weighted by Crippen LogP contribution is -2.09. The summed E-state index contributed by atoms with van der Waals surface area (Å²) in [4.78, 5) is 27.2. The molecule has 7 heteroatoms. The van der Waals surface area contributed by atoms with Crippen molar-refractivity contribution in [3.63, 3.8) is 0 Å². The quantitative estimate of drug-likeness (QED) is 0.668. The van der Waals surface area contributed by atoms with E-state index in [1.54, 1.807) is 37.3 Å². The SMILES string of the molecule is CCOC(=O)c1csc(NC(=O)/C=C/c2ccc(Cl)cc2)n1. The number of halogens is 1. The molecule has 0 aliphatic heterocycles. The lowest BCUT2D eigenvalue weighted by Gasteiger charge is -1.97. The van der Waals surface area contributed by atoms with Gasteiger partial charge in [0.25, 0.3) is 0 Å². The molecule has 1 aromatic heterocycles. The predicted octanol–water partition coefficient (Wildman–Crippen LogP) is 3.63. The summed E-state index contributed by atoms with van der Waals surface area (Å²) in [6, 6.07) is 7.08. The van der Waals surface area contributed by atoms with Crippen molar-refractivity contribution in [3.8, 4) is 0 Å². The van der Waals surface area contributed by atoms with Gasteiger partial charge < -0.3 is 4.74 Å². The van der Waals surface area contributed by atoms with Gasteiger partial charge in [0.15, 0.2) is 10.8 Å². The number of nitrogens with zero attached hydrogens (tertiary/aromatic N) is 1. The van der Waals surface area contributed by atoms with Gasteiger partial charge in [-0.15, -0.1) is 11.3 Å². The van der Waals surface area contributed by atoms with Gasteiger partial charge in [0.2, 0.25) is 5.91 Å². The molecule has 0 spiro atoms. The molecule has 2 rings (SSSR count). The Morgan fingerprint density at radius 3 is 2.77 bits per heavy atom. The minimum atomic E-state index is -0.504. The molecular weight excluding hydrogens is 324 g/mol. The summed E-state index contributed by atoms with van der Waals surface area (Å²) in [5.74, 6) is -0.837. The van der Waals surface area contributed by atoms with E-state index in [0.717, 1.165) is 16.9 Å². The first-order chi connectivity index (χ1) is 10.6. The molecule has 22 heavy (non-hydrogen) atoms. The van der Waals surface area contributed by atoms with Gasteiger partial charge in [-0.25, -0.2) is 9.78 Å². The molecular formula is C15H13ClN2O3S. The third kappa shape index (κ3) is 4.68. The molecule has 0 bridgehead atoms. The van der Waals surface area contributed by atoms with E-state index in [0.29, 0.717) is 10.2 Å². The fourth-order valence-electron chi connectivity index (χ4n) is 1.52. The lowest BCUT2D eigenvalue weighted by molar-refractivity contribution is -0.111. The first-order valence-electron chi connectivity index (χ1n) is 6.45. The summed E-state index contributed by atoms with van der Waals surface area (Å²) in [7, 11) is 0. The number of anilines is 1. The van der Waals surface area contributed by atoms with Crippen LogP contribution in [-0.4, -0.2) is 23.5 Å². The highest BCUT2D eigenvalue weighted by atomic mass is 35.5. The second-order valence-corrected chi connectivity index (χ2v) is 5.43. The number of carbonyl (C=O) groups is 2. The second-order valence-electron chi connectivity index (χ2n) is 4.13. The minimum Gasteiger partial charge on any atom is -0.461 e. The van der Waals surface area contributed by atoms with Gasteiger partial charge in [-0.1, -0.05) is 23.7 Å². The topological polar surface area (TPSA) is 68.3 Å². The summed E-state index contributed by atoms with van der Waals surface area (Å²) in [6.45, 7) is 2.00. The summed E-state index contributed by atoms with van der Waals surface area (Å²) in [5, 5.41) is 5.10. The van der Waals surface area contributed by atoms with Gasteiger partial charge in [0, 0.05) is 16.5 Å². The average molecular weight is 337 g/mol. The molecule has 2 aromatic rings. The third-order valence-electron chi connectivity index (χ3n) is 2.52. The summed E-state index contributed by atoms with van der Waals surface area (Å²) < 4.78 is 4.83. The number of esters is 1. The lowest BCUT2D eigenvalue weighted by atomic mass is 10.2. The third-order valence-corrected chi connectivity index (χ3v) is 3.53. The molecule has 0 saturated carbocycles. The van der Waals surface area contributed by atoms with Crippen LogP contribution in [0.1, 0.15) is 23.0 Å². The van der Waals surface area contributed by atoms with Crippen molar-refractivity contribution < 1.29 is 14.3 Å². The Labute approximate surface area is 136 Å². The molecule has 0 atom stereocenters. The van der Waals surface area contributed by atoms with Crippen molar-refractivity contribution in [2.24, 2.45) is 0 Å². The zero-order chi connectivity index (χ0) is 15.9. The Kier molecular flexibility index (Phi) is 5.68. The predicted molar refractivity (Wildman–Crippen MR) is 87.2 cm³/mol. The van der Waals surface area contributed by atoms with Gasteiger partial charge in [0.1, 0.15) is 0 Å². The normalized spacial score (nSPS) is 10.6. The summed E-state index contributed by atoms with van der Waals surface area (Å²) >= 11 is 6.94. The van der Waals surface area contributed by atoms with Gasteiger partial charge in [-0.2, -0.15) is 0 Å². The maximum Gasteiger partial charge on any atom is 0.357 e. The highest BCUT2D eigenvalue weighted by molar-refractivity contribution is 7.14. The zero-order valence-electron chi connectivity index (χ0n) is 11.7. The standard InChI is InChI=1S/C15H13ClN2O3S/c1-2-21-14(20)12-9-22-15(17-12)18-13(19)8-5-10-3-6-11(16)7-4-10/h3-9H,2H2,1H3,(H,17,18,19)/b8-5+. The van der Waals surface area contributed by atoms with Gasteiger partial charge in [0.05, 0.1) is 6.61 Å². The number of ether oxygens (including phenoxy) is 1. The van der Waals surface area contributed by atoms with E-state index in [-0.39, 0.29) is 18.2 Å². The molecule has 0 radical (unpaired) electrons. The van der Waals surface area contributed by atoms with Crippen molar-refractivity contribution in [3.05, 3.63) is 52.0 Å². The van der Waals surface area contributed by atoms with Gasteiger partial charge >= 0.3 is 5.97 Å². The van der Waals surface area contributed by atoms with Crippen molar-refractivity contribution in [1.29, 1.82) is 0 Å². The maximum atomic E-state index is 11.8. The molecule has 5 nitrogen and oxygen atoms in total. The monoisotopic (exact) mass is 336 g/mol. The Morgan fingerprint density at radius 2 is 2.09 bits per heavy atom. The highest BCUT2D eigenvalue weighted by Crippen LogP contribution is 2.16. The molecule has 1 aromatic carbocycles. The molecule has 1 amide bonds. The number of thiazole rings is 1. The van der Waals surface area contributed by atoms with E-state index in [9.17, 15) is 9.59 Å². The smallest absolute Gasteiger partial charge is 0.357 e. The van der Waals surface area contributed by atoms with Crippen LogP contribution in [0.5, 0.6) is 0 Å². The van der Waals surface area contributed by atoms with Crippen LogP contribution in [0.15, 0.2) is 35.7 Å². The van der Waals surface area contributed by atoms with E-state index >= 15 is 0 Å². The Bertz CT molecular complexity index is 695. The second kappa shape index (κ2) is 7.72. The number of aromatic nitrogens is 1. The van der Waals surface area contributed by atoms with E-state index < -0.39 is 5.97 Å². The van der Waals surface area contributed by atoms with Crippen LogP contribution in [0.3, 0.4) is 0 Å². The number of rotatable bonds is 5. The van der Waals surface area contributed by atoms with Crippen molar-refractivity contribution in [2.45, 2.75) is 6.92 Å². The number of hydrogen-bond donors (Lipinski definition) is 1. The number of nitrogens with one attached hydrogen (secondary N) is 1. The molecule has 114 valence electrons. The largest absolute Gasteiger partial charge is 0.461 e. The molecule has 0 fully saturated rings. The Morgan fingerprint density at radius 1 is 1.36 bits per heavy atom. The fourth-order valence-corrected chi connectivity index (χ4v) is 2.33. The average Bonchev–Trinajstić information content (AvgIpc) is 2.95. The van der Waals surface area contributed by atoms with E-state index in [1.807, 2.05) is 0 Å². The number of benzene rings is 1. The van der Waals surface area contributed by atoms with Crippen LogP contribution < -0.4 is 5.32 Å². The van der Waals surface area contributed by atoms with Crippen LogP contribution in [0.25, 0.3) is 6.08 Å². The van der Waals surface area contributed by atoms with Crippen molar-refractivity contribution >= 4 is 46.0 Å². The summed E-state index contributed by atoms with van der Waals surface area (Å²) in [6.07, 6.45) is 3.04. The maximum absolute atomic E-state index is 11.8. The van der Waals surface area contributed by atoms with Gasteiger partial charge in [-0.05, 0) is 30.7 Å². The molecule has 0 unspecified atom stereocenters. The molecule has 0 aliphatic rings. The van der Waals surface area contributed by atoms with Gasteiger partial charge in [-0.3, -0.25) is 10.1 Å². The molecule has 0 saturated heterocycles. The van der Waals surface area contributed by atoms with Crippen molar-refractivity contribution in [2.75, 3.05) is 11.9 Å². The number of amides is 1. The number of carbonyl (C=O) groups excluding carboxylic acids is 2. The Hall–Kier alpha value is -2.18.